The van der Waals surface area contributed by atoms with Gasteiger partial charge in [0, 0.05) is 12.1 Å². The lowest BCUT2D eigenvalue weighted by atomic mass is 9.93. The maximum absolute atomic E-state index is 13.1. The summed E-state index contributed by atoms with van der Waals surface area (Å²) in [5.41, 5.74) is 1.02. The molecule has 0 N–H and O–H groups in total. The van der Waals surface area contributed by atoms with E-state index in [9.17, 15) is 19.7 Å². The van der Waals surface area contributed by atoms with Gasteiger partial charge in [-0.05, 0) is 30.7 Å². The van der Waals surface area contributed by atoms with E-state index in [2.05, 4.69) is 0 Å². The van der Waals surface area contributed by atoms with E-state index in [1.165, 1.54) is 24.3 Å². The van der Waals surface area contributed by atoms with Crippen LogP contribution in [0.2, 0.25) is 0 Å². The second-order valence-corrected chi connectivity index (χ2v) is 6.85. The first-order valence-electron chi connectivity index (χ1n) is 9.16. The highest BCUT2D eigenvalue weighted by atomic mass is 16.7. The van der Waals surface area contributed by atoms with Gasteiger partial charge in [-0.25, -0.2) is 9.96 Å². The third-order valence-corrected chi connectivity index (χ3v) is 5.15. The molecule has 0 aliphatic carbocycles. The van der Waals surface area contributed by atoms with Gasteiger partial charge in [0.15, 0.2) is 6.10 Å². The van der Waals surface area contributed by atoms with E-state index < -0.39 is 22.9 Å². The number of rotatable bonds is 5. The number of para-hydroxylation sites is 1. The van der Waals surface area contributed by atoms with Gasteiger partial charge in [0.25, 0.3) is 11.6 Å². The molecule has 8 nitrogen and oxygen atoms in total. The molecule has 2 saturated heterocycles. The molecular weight excluding hydrogens is 362 g/mol. The van der Waals surface area contributed by atoms with E-state index >= 15 is 0 Å². The fourth-order valence-electron chi connectivity index (χ4n) is 3.89. The second-order valence-electron chi connectivity index (χ2n) is 6.85. The van der Waals surface area contributed by atoms with Gasteiger partial charge in [-0.3, -0.25) is 24.5 Å². The van der Waals surface area contributed by atoms with Crippen molar-refractivity contribution in [3.8, 4) is 0 Å². The van der Waals surface area contributed by atoms with Crippen LogP contribution in [0.15, 0.2) is 54.6 Å². The molecule has 4 rings (SSSR count). The largest absolute Gasteiger partial charge is 0.273 e. The van der Waals surface area contributed by atoms with Crippen molar-refractivity contribution in [2.45, 2.75) is 31.9 Å². The van der Waals surface area contributed by atoms with Crippen LogP contribution in [0.5, 0.6) is 0 Å². The lowest BCUT2D eigenvalue weighted by Crippen LogP contribution is -2.40. The lowest BCUT2D eigenvalue weighted by Gasteiger charge is -2.28. The molecule has 0 radical (unpaired) electrons. The highest BCUT2D eigenvalue weighted by Crippen LogP contribution is 2.41. The molecule has 0 saturated carbocycles. The summed E-state index contributed by atoms with van der Waals surface area (Å²) in [7, 11) is 0. The highest BCUT2D eigenvalue weighted by Gasteiger charge is 2.59. The number of nitro benzene ring substituents is 1. The maximum atomic E-state index is 13.1. The number of hydrogen-bond donors (Lipinski definition) is 0. The molecular formula is C20H19N3O5. The van der Waals surface area contributed by atoms with E-state index in [0.717, 1.165) is 17.0 Å². The fraction of sp³-hybridized carbons (Fsp3) is 0.300. The van der Waals surface area contributed by atoms with Crippen LogP contribution in [0.4, 0.5) is 17.1 Å². The summed E-state index contributed by atoms with van der Waals surface area (Å²) in [6.07, 6.45) is 0.641. The number of hydrogen-bond acceptors (Lipinski definition) is 6. The van der Waals surface area contributed by atoms with Crippen LogP contribution >= 0.6 is 0 Å². The minimum Gasteiger partial charge on any atom is -0.273 e. The zero-order valence-electron chi connectivity index (χ0n) is 15.2. The van der Waals surface area contributed by atoms with Gasteiger partial charge in [0.2, 0.25) is 5.91 Å². The molecule has 2 aliphatic heterocycles. The molecule has 0 spiro atoms. The van der Waals surface area contributed by atoms with Gasteiger partial charge in [0.1, 0.15) is 0 Å². The number of hydroxylamine groups is 1. The van der Waals surface area contributed by atoms with Gasteiger partial charge in [0.05, 0.1) is 28.3 Å². The number of carbonyl (C=O) groups is 2. The van der Waals surface area contributed by atoms with Crippen LogP contribution in [-0.2, 0) is 14.4 Å². The summed E-state index contributed by atoms with van der Waals surface area (Å²) in [5.74, 6) is -1.38. The molecule has 8 heteroatoms. The van der Waals surface area contributed by atoms with Crippen LogP contribution in [0.1, 0.15) is 19.8 Å². The number of benzene rings is 2. The van der Waals surface area contributed by atoms with Crippen molar-refractivity contribution in [2.75, 3.05) is 9.96 Å². The van der Waals surface area contributed by atoms with Crippen LogP contribution in [0.25, 0.3) is 0 Å². The molecule has 2 aliphatic rings. The standard InChI is InChI=1S/C20H19N3O5/c1-2-6-16-17-18(28-22(16)14-7-4-3-5-8-14)20(25)21(19(17)24)13-9-11-15(12-10-13)23(26)27/h3-5,7-12,16-18H,2,6H2,1H3/t16-,17+,18+/m1/s1. The summed E-state index contributed by atoms with van der Waals surface area (Å²) < 4.78 is 0. The van der Waals surface area contributed by atoms with Crippen molar-refractivity contribution in [1.82, 2.24) is 0 Å². The molecule has 2 aromatic carbocycles. The van der Waals surface area contributed by atoms with Crippen LogP contribution < -0.4 is 9.96 Å². The normalized spacial score (nSPS) is 24.0. The predicted molar refractivity (Wildman–Crippen MR) is 102 cm³/mol. The van der Waals surface area contributed by atoms with Gasteiger partial charge in [-0.2, -0.15) is 0 Å². The number of carbonyl (C=O) groups excluding carboxylic acids is 2. The second kappa shape index (κ2) is 7.05. The smallest absolute Gasteiger partial charge is 0.269 e. The minimum atomic E-state index is -0.889. The summed E-state index contributed by atoms with van der Waals surface area (Å²) in [5, 5.41) is 12.5. The van der Waals surface area contributed by atoms with Crippen molar-refractivity contribution < 1.29 is 19.3 Å². The monoisotopic (exact) mass is 381 g/mol. The Bertz CT molecular complexity index is 915. The Labute approximate surface area is 161 Å². The third-order valence-electron chi connectivity index (χ3n) is 5.15. The molecule has 144 valence electrons. The van der Waals surface area contributed by atoms with Crippen LogP contribution in [0.3, 0.4) is 0 Å². The summed E-state index contributed by atoms with van der Waals surface area (Å²) in [6.45, 7) is 2.02. The minimum absolute atomic E-state index is 0.0987. The first-order valence-corrected chi connectivity index (χ1v) is 9.16. The van der Waals surface area contributed by atoms with Gasteiger partial charge in [-0.15, -0.1) is 0 Å². The van der Waals surface area contributed by atoms with E-state index in [0.29, 0.717) is 12.1 Å². The maximum Gasteiger partial charge on any atom is 0.269 e. The van der Waals surface area contributed by atoms with Crippen molar-refractivity contribution in [3.63, 3.8) is 0 Å². The third kappa shape index (κ3) is 2.82. The Morgan fingerprint density at radius 3 is 2.29 bits per heavy atom. The molecule has 2 heterocycles. The van der Waals surface area contributed by atoms with E-state index in [1.807, 2.05) is 37.3 Å². The molecule has 0 unspecified atom stereocenters. The number of fused-ring (bicyclic) bond motifs is 1. The van der Waals surface area contributed by atoms with Crippen molar-refractivity contribution in [2.24, 2.45) is 5.92 Å². The predicted octanol–water partition coefficient (Wildman–Crippen LogP) is 3.07. The Hall–Kier alpha value is -3.26. The summed E-state index contributed by atoms with van der Waals surface area (Å²) in [6, 6.07) is 14.6. The average Bonchev–Trinajstić information content (AvgIpc) is 3.19. The zero-order chi connectivity index (χ0) is 19.8. The Morgan fingerprint density at radius 1 is 1.00 bits per heavy atom. The van der Waals surface area contributed by atoms with E-state index in [-0.39, 0.29) is 17.6 Å². The number of amides is 2. The highest BCUT2D eigenvalue weighted by molar-refractivity contribution is 6.23. The van der Waals surface area contributed by atoms with Gasteiger partial charge < -0.3 is 0 Å². The molecule has 2 amide bonds. The average molecular weight is 381 g/mol. The summed E-state index contributed by atoms with van der Waals surface area (Å²) >= 11 is 0. The van der Waals surface area contributed by atoms with Gasteiger partial charge >= 0.3 is 0 Å². The first-order chi connectivity index (χ1) is 13.5. The molecule has 28 heavy (non-hydrogen) atoms. The fourth-order valence-corrected chi connectivity index (χ4v) is 3.89. The SMILES string of the molecule is CCC[C@@H]1[C@@H]2C(=O)N(c3ccc([N+](=O)[O-])cc3)C(=O)[C@H]2ON1c1ccccc1. The Balaban J connectivity index is 1.65. The topological polar surface area (TPSA) is 93.0 Å². The van der Waals surface area contributed by atoms with Crippen molar-refractivity contribution >= 4 is 28.9 Å². The van der Waals surface area contributed by atoms with Gasteiger partial charge in [-0.1, -0.05) is 31.5 Å². The number of anilines is 2. The van der Waals surface area contributed by atoms with Crippen LogP contribution in [-0.4, -0.2) is 28.9 Å². The van der Waals surface area contributed by atoms with Crippen molar-refractivity contribution in [3.05, 3.63) is 64.7 Å². The quantitative estimate of drug-likeness (QED) is 0.449. The zero-order valence-corrected chi connectivity index (χ0v) is 15.2. The number of nitrogens with zero attached hydrogens (tertiary/aromatic N) is 3. The lowest BCUT2D eigenvalue weighted by molar-refractivity contribution is -0.384. The molecule has 3 atom stereocenters. The number of nitro groups is 1. The van der Waals surface area contributed by atoms with Crippen LogP contribution in [0, 0.1) is 16.0 Å². The number of non-ortho nitro benzene ring substituents is 1. The molecule has 0 bridgehead atoms. The Kier molecular flexibility index (Phi) is 4.56. The Morgan fingerprint density at radius 2 is 1.68 bits per heavy atom. The van der Waals surface area contributed by atoms with Crippen molar-refractivity contribution in [1.29, 1.82) is 0 Å². The van der Waals surface area contributed by atoms with E-state index in [1.54, 1.807) is 5.06 Å². The molecule has 2 fully saturated rings. The van der Waals surface area contributed by atoms with E-state index in [4.69, 9.17) is 4.84 Å². The number of imide groups is 1. The molecule has 2 aromatic rings. The summed E-state index contributed by atoms with van der Waals surface area (Å²) in [4.78, 5) is 43.5. The first kappa shape index (κ1) is 18.1. The molecule has 0 aromatic heterocycles.